The minimum Gasteiger partial charge on any atom is -0.416 e. The Bertz CT molecular complexity index is 747. The molecule has 3 saturated carbocycles. The van der Waals surface area contributed by atoms with Crippen LogP contribution in [0.4, 0.5) is 0 Å². The Hall–Kier alpha value is -0.413. The molecule has 7 atom stereocenters. The molecule has 0 aromatic carbocycles. The Morgan fingerprint density at radius 2 is 1.81 bits per heavy atom. The van der Waals surface area contributed by atoms with Gasteiger partial charge in [0.15, 0.2) is 14.1 Å². The summed E-state index contributed by atoms with van der Waals surface area (Å²) in [4.78, 5) is 13.1. The van der Waals surface area contributed by atoms with Gasteiger partial charge in [-0.15, -0.1) is 0 Å². The number of carbonyl (C=O) groups excluding carboxylic acids is 1. The van der Waals surface area contributed by atoms with Crippen LogP contribution in [0.1, 0.15) is 92.9 Å². The maximum atomic E-state index is 13.1. The van der Waals surface area contributed by atoms with Crippen molar-refractivity contribution >= 4 is 14.1 Å². The molecule has 0 spiro atoms. The van der Waals surface area contributed by atoms with E-state index in [0.29, 0.717) is 17.8 Å². The van der Waals surface area contributed by atoms with E-state index in [2.05, 4.69) is 60.7 Å². The van der Waals surface area contributed by atoms with Gasteiger partial charge in [0.25, 0.3) is 0 Å². The highest BCUT2D eigenvalue weighted by Gasteiger charge is 2.59. The van der Waals surface area contributed by atoms with Crippen LogP contribution in [0.5, 0.6) is 0 Å². The topological polar surface area (TPSA) is 26.3 Å². The summed E-state index contributed by atoms with van der Waals surface area (Å²) in [5, 5.41) is 0.192. The van der Waals surface area contributed by atoms with E-state index in [4.69, 9.17) is 4.43 Å². The van der Waals surface area contributed by atoms with Crippen molar-refractivity contribution < 1.29 is 9.22 Å². The first-order chi connectivity index (χ1) is 14.3. The van der Waals surface area contributed by atoms with E-state index >= 15 is 0 Å². The number of fused-ring (bicyclic) bond motifs is 5. The van der Waals surface area contributed by atoms with Crippen LogP contribution in [-0.4, -0.2) is 20.7 Å². The number of hydrogen-bond donors (Lipinski definition) is 0. The summed E-state index contributed by atoms with van der Waals surface area (Å²) >= 11 is 0. The molecule has 4 rings (SSSR count). The molecule has 176 valence electrons. The second-order valence-electron chi connectivity index (χ2n) is 13.6. The molecule has 31 heavy (non-hydrogen) atoms. The highest BCUT2D eigenvalue weighted by atomic mass is 28.4. The number of allylic oxidation sites excluding steroid dienone is 1. The molecule has 0 aromatic rings. The van der Waals surface area contributed by atoms with Crippen molar-refractivity contribution in [2.24, 2.45) is 40.4 Å². The molecule has 0 saturated heterocycles. The van der Waals surface area contributed by atoms with Gasteiger partial charge >= 0.3 is 0 Å². The molecule has 0 radical (unpaired) electrons. The molecule has 3 heteroatoms. The second kappa shape index (κ2) is 7.83. The Balaban J connectivity index is 1.54. The predicted molar refractivity (Wildman–Crippen MR) is 133 cm³/mol. The fraction of sp³-hybridized carbons (Fsp3) is 0.893. The average Bonchev–Trinajstić information content (AvgIpc) is 3.02. The van der Waals surface area contributed by atoms with Gasteiger partial charge in [-0.05, 0) is 104 Å². The van der Waals surface area contributed by atoms with Crippen molar-refractivity contribution in [2.75, 3.05) is 6.61 Å². The quantitative estimate of drug-likeness (QED) is 0.414. The lowest BCUT2D eigenvalue weighted by Gasteiger charge is -2.59. The molecule has 0 amide bonds. The first-order valence-corrected chi connectivity index (χ1v) is 16.1. The van der Waals surface area contributed by atoms with Crippen molar-refractivity contribution in [3.8, 4) is 0 Å². The SMILES string of the molecule is CC[C@H]1CC[C@H]2[C@@H]3CCC4=CC(=O)C(CO[Si](C)(C)C(C)(C)C)C[C@]4(C)[C@H]3CC[C@]12C. The summed E-state index contributed by atoms with van der Waals surface area (Å²) in [6.07, 6.45) is 12.6. The fourth-order valence-electron chi connectivity index (χ4n) is 8.19. The average molecular weight is 445 g/mol. The molecular formula is C28H48O2Si. The van der Waals surface area contributed by atoms with Crippen LogP contribution in [0, 0.1) is 40.4 Å². The van der Waals surface area contributed by atoms with Crippen molar-refractivity contribution in [2.45, 2.75) is 111 Å². The number of hydrogen-bond acceptors (Lipinski definition) is 2. The van der Waals surface area contributed by atoms with E-state index in [1.807, 2.05) is 0 Å². The third-order valence-electron chi connectivity index (χ3n) is 11.3. The molecule has 4 aliphatic rings. The van der Waals surface area contributed by atoms with E-state index in [1.54, 1.807) is 0 Å². The van der Waals surface area contributed by atoms with Gasteiger partial charge in [-0.3, -0.25) is 4.79 Å². The molecule has 0 bridgehead atoms. The van der Waals surface area contributed by atoms with Gasteiger partial charge in [0.1, 0.15) is 0 Å². The minimum absolute atomic E-state index is 0.0573. The Morgan fingerprint density at radius 1 is 1.10 bits per heavy atom. The minimum atomic E-state index is -1.83. The first kappa shape index (κ1) is 23.7. The van der Waals surface area contributed by atoms with Crippen molar-refractivity contribution in [1.82, 2.24) is 0 Å². The Kier molecular flexibility index (Phi) is 5.99. The summed E-state index contributed by atoms with van der Waals surface area (Å²) in [5.41, 5.74) is 2.27. The largest absolute Gasteiger partial charge is 0.416 e. The van der Waals surface area contributed by atoms with Gasteiger partial charge < -0.3 is 4.43 Å². The summed E-state index contributed by atoms with van der Waals surface area (Å²) in [6, 6.07) is 0. The molecular weight excluding hydrogens is 396 g/mol. The zero-order valence-corrected chi connectivity index (χ0v) is 22.6. The van der Waals surface area contributed by atoms with E-state index < -0.39 is 8.32 Å². The van der Waals surface area contributed by atoms with E-state index in [1.165, 1.54) is 44.1 Å². The number of carbonyl (C=O) groups is 1. The maximum absolute atomic E-state index is 13.1. The zero-order chi connectivity index (χ0) is 22.8. The highest BCUT2D eigenvalue weighted by molar-refractivity contribution is 6.74. The van der Waals surface area contributed by atoms with E-state index in [0.717, 1.165) is 36.5 Å². The number of ketones is 1. The van der Waals surface area contributed by atoms with Gasteiger partial charge in [0, 0.05) is 12.5 Å². The maximum Gasteiger partial charge on any atom is 0.192 e. The lowest BCUT2D eigenvalue weighted by molar-refractivity contribution is -0.124. The molecule has 0 aromatic heterocycles. The standard InChI is InChI=1S/C28H48O2Si/c1-9-20-11-13-23-22-12-10-21-16-25(29)19(18-30-31(7,8)26(2,3)4)17-28(21,6)24(22)14-15-27(20,23)5/h16,19-20,22-24H,9-15,17-18H2,1-8H3/t19?,20-,22-,23-,24-,27+,28-/m0/s1. The van der Waals surface area contributed by atoms with Crippen molar-refractivity contribution in [1.29, 1.82) is 0 Å². The molecule has 0 heterocycles. The van der Waals surface area contributed by atoms with Crippen LogP contribution in [0.25, 0.3) is 0 Å². The van der Waals surface area contributed by atoms with Crippen LogP contribution in [-0.2, 0) is 9.22 Å². The summed E-state index contributed by atoms with van der Waals surface area (Å²) in [5.74, 6) is 3.88. The normalized spacial score (nSPS) is 43.2. The van der Waals surface area contributed by atoms with E-state index in [-0.39, 0.29) is 16.4 Å². The van der Waals surface area contributed by atoms with Crippen LogP contribution in [0.15, 0.2) is 11.6 Å². The van der Waals surface area contributed by atoms with Crippen LogP contribution >= 0.6 is 0 Å². The number of rotatable bonds is 4. The van der Waals surface area contributed by atoms with Gasteiger partial charge in [-0.2, -0.15) is 0 Å². The van der Waals surface area contributed by atoms with Gasteiger partial charge in [0.05, 0.1) is 0 Å². The molecule has 4 aliphatic carbocycles. The predicted octanol–water partition coefficient (Wildman–Crippen LogP) is 7.79. The first-order valence-electron chi connectivity index (χ1n) is 13.2. The Labute approximate surface area is 193 Å². The smallest absolute Gasteiger partial charge is 0.192 e. The fourth-order valence-corrected chi connectivity index (χ4v) is 9.25. The molecule has 0 aliphatic heterocycles. The lowest BCUT2D eigenvalue weighted by atomic mass is 9.46. The third kappa shape index (κ3) is 3.74. The summed E-state index contributed by atoms with van der Waals surface area (Å²) in [6.45, 7) is 19.7. The zero-order valence-electron chi connectivity index (χ0n) is 21.6. The van der Waals surface area contributed by atoms with Crippen molar-refractivity contribution in [3.63, 3.8) is 0 Å². The lowest BCUT2D eigenvalue weighted by Crippen LogP contribution is -2.52. The molecule has 3 fully saturated rings. The monoisotopic (exact) mass is 444 g/mol. The van der Waals surface area contributed by atoms with Crippen LogP contribution in [0.2, 0.25) is 18.1 Å². The Morgan fingerprint density at radius 3 is 2.45 bits per heavy atom. The second-order valence-corrected chi connectivity index (χ2v) is 18.4. The van der Waals surface area contributed by atoms with E-state index in [9.17, 15) is 4.79 Å². The van der Waals surface area contributed by atoms with Crippen LogP contribution in [0.3, 0.4) is 0 Å². The van der Waals surface area contributed by atoms with Gasteiger partial charge in [0.2, 0.25) is 0 Å². The summed E-state index contributed by atoms with van der Waals surface area (Å²) in [7, 11) is -1.83. The molecule has 0 N–H and O–H groups in total. The van der Waals surface area contributed by atoms with Gasteiger partial charge in [-0.1, -0.05) is 53.5 Å². The third-order valence-corrected chi connectivity index (χ3v) is 15.8. The summed E-state index contributed by atoms with van der Waals surface area (Å²) < 4.78 is 6.57. The van der Waals surface area contributed by atoms with Gasteiger partial charge in [-0.25, -0.2) is 0 Å². The van der Waals surface area contributed by atoms with Crippen molar-refractivity contribution in [3.05, 3.63) is 11.6 Å². The molecule has 1 unspecified atom stereocenters. The molecule has 2 nitrogen and oxygen atoms in total. The van der Waals surface area contributed by atoms with Crippen LogP contribution < -0.4 is 0 Å². The highest BCUT2D eigenvalue weighted by Crippen LogP contribution is 2.67.